The lowest BCUT2D eigenvalue weighted by atomic mass is 10.2. The summed E-state index contributed by atoms with van der Waals surface area (Å²) >= 11 is 0.966. The first-order valence-electron chi connectivity index (χ1n) is 3.79. The zero-order valence-electron chi connectivity index (χ0n) is 7.06. The van der Waals surface area contributed by atoms with Gasteiger partial charge < -0.3 is 5.11 Å². The van der Waals surface area contributed by atoms with E-state index in [1.54, 1.807) is 0 Å². The van der Waals surface area contributed by atoms with Crippen LogP contribution in [-0.2, 0) is 6.18 Å². The lowest BCUT2D eigenvalue weighted by Crippen LogP contribution is -2.04. The largest absolute Gasteiger partial charge is 0.418 e. The van der Waals surface area contributed by atoms with Gasteiger partial charge in [0.1, 0.15) is 0 Å². The molecule has 0 amide bonds. The third-order valence-corrected chi connectivity index (χ3v) is 2.17. The first-order valence-corrected chi connectivity index (χ1v) is 4.73. The number of thiophene rings is 1. The maximum absolute atomic E-state index is 12.3. The molecule has 0 aromatic carbocycles. The van der Waals surface area contributed by atoms with Crippen LogP contribution in [0.4, 0.5) is 13.2 Å². The Balaban J connectivity index is 2.90. The van der Waals surface area contributed by atoms with Gasteiger partial charge in [-0.25, -0.2) is 0 Å². The molecule has 1 aromatic heterocycles. The van der Waals surface area contributed by atoms with Crippen molar-refractivity contribution < 1.29 is 18.3 Å². The van der Waals surface area contributed by atoms with Crippen molar-refractivity contribution in [2.24, 2.45) is 0 Å². The van der Waals surface area contributed by atoms with Crippen LogP contribution < -0.4 is 0 Å². The van der Waals surface area contributed by atoms with Gasteiger partial charge in [0.2, 0.25) is 0 Å². The lowest BCUT2D eigenvalue weighted by molar-refractivity contribution is -0.137. The van der Waals surface area contributed by atoms with Crippen molar-refractivity contribution >= 4 is 11.3 Å². The molecule has 14 heavy (non-hydrogen) atoms. The Labute approximate surface area is 83.2 Å². The summed E-state index contributed by atoms with van der Waals surface area (Å²) in [6, 6.07) is 0. The Hall–Kier alpha value is -0.990. The highest BCUT2D eigenvalue weighted by Crippen LogP contribution is 2.33. The number of rotatable bonds is 1. The molecule has 0 aliphatic carbocycles. The summed E-state index contributed by atoms with van der Waals surface area (Å²) in [6.45, 7) is -0.140. The predicted octanol–water partition coefficient (Wildman–Crippen LogP) is 2.50. The second-order valence-electron chi connectivity index (χ2n) is 2.47. The molecule has 5 heteroatoms. The van der Waals surface area contributed by atoms with E-state index in [-0.39, 0.29) is 18.6 Å². The van der Waals surface area contributed by atoms with Crippen LogP contribution in [0.5, 0.6) is 0 Å². The van der Waals surface area contributed by atoms with E-state index in [9.17, 15) is 13.2 Å². The van der Waals surface area contributed by atoms with Crippen molar-refractivity contribution in [1.82, 2.24) is 0 Å². The van der Waals surface area contributed by atoms with Gasteiger partial charge in [-0.1, -0.05) is 11.8 Å². The number of hydrogen-bond acceptors (Lipinski definition) is 2. The molecular weight excluding hydrogens is 213 g/mol. The van der Waals surface area contributed by atoms with Crippen molar-refractivity contribution in [3.8, 4) is 11.8 Å². The molecule has 0 aliphatic rings. The van der Waals surface area contributed by atoms with E-state index >= 15 is 0 Å². The second-order valence-corrected chi connectivity index (χ2v) is 3.22. The molecule has 0 radical (unpaired) electrons. The van der Waals surface area contributed by atoms with Crippen molar-refractivity contribution in [2.75, 3.05) is 6.61 Å². The predicted molar refractivity (Wildman–Crippen MR) is 47.9 cm³/mol. The topological polar surface area (TPSA) is 20.2 Å². The molecule has 1 nitrogen and oxygen atoms in total. The molecular formula is C9H7F3OS. The van der Waals surface area contributed by atoms with E-state index < -0.39 is 11.7 Å². The first-order chi connectivity index (χ1) is 6.55. The van der Waals surface area contributed by atoms with Crippen LogP contribution in [0.3, 0.4) is 0 Å². The van der Waals surface area contributed by atoms with Crippen molar-refractivity contribution in [1.29, 1.82) is 0 Å². The molecule has 0 unspecified atom stereocenters. The first kappa shape index (κ1) is 11.1. The molecule has 0 aliphatic heterocycles. The van der Waals surface area contributed by atoms with Gasteiger partial charge in [-0.2, -0.15) is 24.5 Å². The molecule has 0 atom stereocenters. The molecule has 1 aromatic rings. The van der Waals surface area contributed by atoms with Crippen LogP contribution >= 0.6 is 11.3 Å². The molecule has 76 valence electrons. The highest BCUT2D eigenvalue weighted by molar-refractivity contribution is 7.08. The summed E-state index contributed by atoms with van der Waals surface area (Å²) in [5, 5.41) is 10.8. The standard InChI is InChI=1S/C9H7F3OS/c10-9(11,12)8-6-14-5-7(8)3-1-2-4-13/h5-6,13H,2,4H2. The third kappa shape index (κ3) is 2.76. The molecule has 0 bridgehead atoms. The van der Waals surface area contributed by atoms with Crippen LogP contribution in [0.15, 0.2) is 10.8 Å². The van der Waals surface area contributed by atoms with Gasteiger partial charge in [0.05, 0.1) is 12.2 Å². The number of alkyl halides is 3. The highest BCUT2D eigenvalue weighted by Gasteiger charge is 2.33. The molecule has 0 saturated heterocycles. The maximum atomic E-state index is 12.3. The van der Waals surface area contributed by atoms with Crippen LogP contribution in [-0.4, -0.2) is 11.7 Å². The van der Waals surface area contributed by atoms with E-state index in [0.717, 1.165) is 16.7 Å². The van der Waals surface area contributed by atoms with Crippen LogP contribution in [0.1, 0.15) is 17.5 Å². The highest BCUT2D eigenvalue weighted by atomic mass is 32.1. The van der Waals surface area contributed by atoms with Crippen molar-refractivity contribution in [3.05, 3.63) is 21.9 Å². The van der Waals surface area contributed by atoms with Crippen LogP contribution in [0, 0.1) is 11.8 Å². The van der Waals surface area contributed by atoms with Gasteiger partial charge in [-0.15, -0.1) is 0 Å². The minimum atomic E-state index is -4.34. The summed E-state index contributed by atoms with van der Waals surface area (Å²) in [6.07, 6.45) is -4.16. The minimum absolute atomic E-state index is 0.0176. The quantitative estimate of drug-likeness (QED) is 0.721. The van der Waals surface area contributed by atoms with E-state index in [1.165, 1.54) is 5.38 Å². The zero-order chi connectivity index (χ0) is 10.6. The summed E-state index contributed by atoms with van der Waals surface area (Å²) in [7, 11) is 0. The van der Waals surface area contributed by atoms with Gasteiger partial charge in [-0.05, 0) is 0 Å². The Morgan fingerprint density at radius 1 is 1.36 bits per heavy atom. The Kier molecular flexibility index (Phi) is 3.55. The van der Waals surface area contributed by atoms with Gasteiger partial charge in [0.25, 0.3) is 0 Å². The third-order valence-electron chi connectivity index (χ3n) is 1.43. The van der Waals surface area contributed by atoms with Gasteiger partial charge in [-0.3, -0.25) is 0 Å². The molecule has 1 heterocycles. The summed E-state index contributed by atoms with van der Waals surface area (Å²) < 4.78 is 36.8. The molecule has 0 spiro atoms. The minimum Gasteiger partial charge on any atom is -0.395 e. The van der Waals surface area contributed by atoms with Crippen molar-refractivity contribution in [3.63, 3.8) is 0 Å². The SMILES string of the molecule is OCCC#Cc1cscc1C(F)(F)F. The lowest BCUT2D eigenvalue weighted by Gasteiger charge is -2.03. The zero-order valence-corrected chi connectivity index (χ0v) is 7.87. The van der Waals surface area contributed by atoms with E-state index in [1.807, 2.05) is 0 Å². The van der Waals surface area contributed by atoms with Crippen LogP contribution in [0.2, 0.25) is 0 Å². The fourth-order valence-electron chi connectivity index (χ4n) is 0.827. The summed E-state index contributed by atoms with van der Waals surface area (Å²) in [5.41, 5.74) is -0.719. The summed E-state index contributed by atoms with van der Waals surface area (Å²) in [4.78, 5) is 0. The number of aliphatic hydroxyl groups excluding tert-OH is 1. The van der Waals surface area contributed by atoms with E-state index in [0.29, 0.717) is 0 Å². The van der Waals surface area contributed by atoms with Gasteiger partial charge in [0, 0.05) is 22.7 Å². The molecule has 0 fully saturated rings. The van der Waals surface area contributed by atoms with Crippen LogP contribution in [0.25, 0.3) is 0 Å². The number of hydrogen-bond donors (Lipinski definition) is 1. The van der Waals surface area contributed by atoms with Gasteiger partial charge >= 0.3 is 6.18 Å². The van der Waals surface area contributed by atoms with E-state index in [4.69, 9.17) is 5.11 Å². The molecule has 1 rings (SSSR count). The average molecular weight is 220 g/mol. The Morgan fingerprint density at radius 3 is 2.64 bits per heavy atom. The normalized spacial score (nSPS) is 10.9. The van der Waals surface area contributed by atoms with Gasteiger partial charge in [0.15, 0.2) is 0 Å². The second kappa shape index (κ2) is 4.49. The van der Waals surface area contributed by atoms with E-state index in [2.05, 4.69) is 11.8 Å². The monoisotopic (exact) mass is 220 g/mol. The fraction of sp³-hybridized carbons (Fsp3) is 0.333. The molecule has 1 N–H and O–H groups in total. The molecule has 0 saturated carbocycles. The Bertz CT molecular complexity index is 356. The Morgan fingerprint density at radius 2 is 2.07 bits per heavy atom. The number of aliphatic hydroxyl groups is 1. The maximum Gasteiger partial charge on any atom is 0.418 e. The van der Waals surface area contributed by atoms with Crippen molar-refractivity contribution in [2.45, 2.75) is 12.6 Å². The average Bonchev–Trinajstić information content (AvgIpc) is 2.52. The summed E-state index contributed by atoms with van der Waals surface area (Å²) in [5.74, 6) is 4.84. The smallest absolute Gasteiger partial charge is 0.395 e. The number of halogens is 3. The fourth-order valence-corrected chi connectivity index (χ4v) is 1.61.